The highest BCUT2D eigenvalue weighted by atomic mass is 16.2. The van der Waals surface area contributed by atoms with Crippen molar-refractivity contribution in [3.63, 3.8) is 0 Å². The Morgan fingerprint density at radius 1 is 1.27 bits per heavy atom. The predicted molar refractivity (Wildman–Crippen MR) is 95.9 cm³/mol. The van der Waals surface area contributed by atoms with Crippen molar-refractivity contribution in [2.24, 2.45) is 5.92 Å². The molecule has 0 aromatic carbocycles. The van der Waals surface area contributed by atoms with E-state index < -0.39 is 0 Å². The lowest BCUT2D eigenvalue weighted by molar-refractivity contribution is 0.0665. The Hall–Kier alpha value is -3.16. The van der Waals surface area contributed by atoms with Crippen LogP contribution in [-0.2, 0) is 0 Å². The van der Waals surface area contributed by atoms with Gasteiger partial charge in [0, 0.05) is 31.4 Å². The van der Waals surface area contributed by atoms with Gasteiger partial charge >= 0.3 is 0 Å². The average molecular weight is 349 g/mol. The molecule has 5 heterocycles. The number of amides is 1. The number of hydrogen-bond acceptors (Lipinski definition) is 4. The second kappa shape index (κ2) is 5.69. The second-order valence-electron chi connectivity index (χ2n) is 6.96. The number of nitrogens with zero attached hydrogens (tertiary/aromatic N) is 5. The molecule has 0 bridgehead atoms. The molecule has 8 heteroatoms. The van der Waals surface area contributed by atoms with Gasteiger partial charge in [0.2, 0.25) is 0 Å². The average Bonchev–Trinajstić information content (AvgIpc) is 3.40. The highest BCUT2D eigenvalue weighted by Gasteiger charge is 2.33. The van der Waals surface area contributed by atoms with E-state index in [2.05, 4.69) is 31.5 Å². The third-order valence-corrected chi connectivity index (χ3v) is 5.41. The molecule has 132 valence electrons. The number of aromatic amines is 2. The summed E-state index contributed by atoms with van der Waals surface area (Å²) in [7, 11) is 0. The van der Waals surface area contributed by atoms with Crippen LogP contribution in [0.1, 0.15) is 35.4 Å². The van der Waals surface area contributed by atoms with Crippen molar-refractivity contribution in [3.05, 3.63) is 48.4 Å². The SMILES string of the molecule is C[C@@H]1CCN(C(=O)c2cn[nH]c2)C[C@@H]1c1ncc2cnc3[nH]ccc3n12. The maximum atomic E-state index is 12.7. The lowest BCUT2D eigenvalue weighted by atomic mass is 9.86. The zero-order valence-electron chi connectivity index (χ0n) is 14.4. The first-order valence-corrected chi connectivity index (χ1v) is 8.80. The molecule has 4 aromatic heterocycles. The fraction of sp³-hybridized carbons (Fsp3) is 0.333. The zero-order chi connectivity index (χ0) is 17.7. The first-order valence-electron chi connectivity index (χ1n) is 8.80. The van der Waals surface area contributed by atoms with E-state index in [9.17, 15) is 4.79 Å². The van der Waals surface area contributed by atoms with Gasteiger partial charge in [0.1, 0.15) is 5.82 Å². The Labute approximate surface area is 149 Å². The van der Waals surface area contributed by atoms with Crippen molar-refractivity contribution >= 4 is 22.6 Å². The summed E-state index contributed by atoms with van der Waals surface area (Å²) in [4.78, 5) is 26.9. The summed E-state index contributed by atoms with van der Waals surface area (Å²) in [6.45, 7) is 3.64. The normalized spacial score (nSPS) is 20.9. The molecule has 8 nitrogen and oxygen atoms in total. The predicted octanol–water partition coefficient (Wildman–Crippen LogP) is 2.20. The van der Waals surface area contributed by atoms with Gasteiger partial charge in [-0.25, -0.2) is 9.97 Å². The Kier molecular flexibility index (Phi) is 3.31. The minimum absolute atomic E-state index is 0.0185. The van der Waals surface area contributed by atoms with Crippen LogP contribution in [0.4, 0.5) is 0 Å². The smallest absolute Gasteiger partial charge is 0.257 e. The van der Waals surface area contributed by atoms with Crippen molar-refractivity contribution in [1.29, 1.82) is 0 Å². The van der Waals surface area contributed by atoms with Gasteiger partial charge in [-0.2, -0.15) is 5.10 Å². The molecule has 1 amide bonds. The number of imidazole rings is 1. The van der Waals surface area contributed by atoms with Crippen molar-refractivity contribution in [2.75, 3.05) is 13.1 Å². The highest BCUT2D eigenvalue weighted by molar-refractivity contribution is 5.93. The number of piperidine rings is 1. The van der Waals surface area contributed by atoms with E-state index >= 15 is 0 Å². The molecule has 4 aromatic rings. The van der Waals surface area contributed by atoms with Crippen LogP contribution in [0.15, 0.2) is 37.1 Å². The van der Waals surface area contributed by atoms with Crippen LogP contribution in [0.3, 0.4) is 0 Å². The molecule has 1 aliphatic rings. The van der Waals surface area contributed by atoms with Crippen LogP contribution >= 0.6 is 0 Å². The Morgan fingerprint density at radius 2 is 2.15 bits per heavy atom. The number of carbonyl (C=O) groups excluding carboxylic acids is 1. The summed E-state index contributed by atoms with van der Waals surface area (Å²) >= 11 is 0. The van der Waals surface area contributed by atoms with Crippen molar-refractivity contribution in [1.82, 2.24) is 34.4 Å². The third kappa shape index (κ3) is 2.22. The molecule has 2 atom stereocenters. The molecule has 1 saturated heterocycles. The molecule has 0 unspecified atom stereocenters. The number of H-pyrrole nitrogens is 2. The van der Waals surface area contributed by atoms with Crippen molar-refractivity contribution in [3.8, 4) is 0 Å². The van der Waals surface area contributed by atoms with Gasteiger partial charge < -0.3 is 9.88 Å². The van der Waals surface area contributed by atoms with Gasteiger partial charge in [0.25, 0.3) is 5.91 Å². The maximum absolute atomic E-state index is 12.7. The van der Waals surface area contributed by atoms with Gasteiger partial charge in [-0.1, -0.05) is 6.92 Å². The minimum Gasteiger partial charge on any atom is -0.345 e. The van der Waals surface area contributed by atoms with E-state index in [0.717, 1.165) is 35.5 Å². The quantitative estimate of drug-likeness (QED) is 0.580. The first kappa shape index (κ1) is 15.1. The molecular formula is C18H19N7O. The van der Waals surface area contributed by atoms with E-state index in [1.807, 2.05) is 29.6 Å². The van der Waals surface area contributed by atoms with Crippen molar-refractivity contribution < 1.29 is 4.79 Å². The summed E-state index contributed by atoms with van der Waals surface area (Å²) < 4.78 is 2.16. The Balaban J connectivity index is 1.55. The van der Waals surface area contributed by atoms with Crippen LogP contribution in [0.5, 0.6) is 0 Å². The summed E-state index contributed by atoms with van der Waals surface area (Å²) in [5.74, 6) is 1.62. The van der Waals surface area contributed by atoms with E-state index in [0.29, 0.717) is 18.0 Å². The number of nitrogens with one attached hydrogen (secondary N) is 2. The number of rotatable bonds is 2. The zero-order valence-corrected chi connectivity index (χ0v) is 14.4. The number of fused-ring (bicyclic) bond motifs is 3. The van der Waals surface area contributed by atoms with Gasteiger partial charge in [0.15, 0.2) is 5.65 Å². The van der Waals surface area contributed by atoms with Crippen LogP contribution < -0.4 is 0 Å². The van der Waals surface area contributed by atoms with Crippen LogP contribution in [0.25, 0.3) is 16.7 Å². The molecule has 0 saturated carbocycles. The molecule has 0 radical (unpaired) electrons. The van der Waals surface area contributed by atoms with E-state index in [4.69, 9.17) is 4.98 Å². The molecule has 26 heavy (non-hydrogen) atoms. The van der Waals surface area contributed by atoms with Gasteiger partial charge in [-0.15, -0.1) is 0 Å². The minimum atomic E-state index is 0.0185. The third-order valence-electron chi connectivity index (χ3n) is 5.41. The lowest BCUT2D eigenvalue weighted by Crippen LogP contribution is -2.42. The summed E-state index contributed by atoms with van der Waals surface area (Å²) in [5.41, 5.74) is 3.42. The number of carbonyl (C=O) groups is 1. The monoisotopic (exact) mass is 349 g/mol. The largest absolute Gasteiger partial charge is 0.345 e. The molecule has 5 rings (SSSR count). The van der Waals surface area contributed by atoms with Crippen LogP contribution in [-0.4, -0.2) is 53.4 Å². The number of aromatic nitrogens is 6. The Morgan fingerprint density at radius 3 is 3.00 bits per heavy atom. The molecule has 0 aliphatic carbocycles. The Bertz CT molecular complexity index is 1080. The molecule has 1 fully saturated rings. The fourth-order valence-corrected chi connectivity index (χ4v) is 3.90. The topological polar surface area (TPSA) is 95.0 Å². The number of hydrogen-bond donors (Lipinski definition) is 2. The molecule has 1 aliphatic heterocycles. The van der Waals surface area contributed by atoms with E-state index in [-0.39, 0.29) is 11.8 Å². The van der Waals surface area contributed by atoms with E-state index in [1.165, 1.54) is 0 Å². The second-order valence-corrected chi connectivity index (χ2v) is 6.96. The van der Waals surface area contributed by atoms with E-state index in [1.54, 1.807) is 12.4 Å². The standard InChI is InChI=1S/C18H19N7O/c1-11-3-5-24(18(26)12-6-22-23-7-12)10-14(11)17-21-9-13-8-20-16-15(25(13)17)2-4-19-16/h2,4,6-9,11,14,19H,3,5,10H2,1H3,(H,22,23)/t11-,14+/m1/s1. The molecule has 2 N–H and O–H groups in total. The lowest BCUT2D eigenvalue weighted by Gasteiger charge is -2.36. The summed E-state index contributed by atoms with van der Waals surface area (Å²) in [5, 5.41) is 6.61. The van der Waals surface area contributed by atoms with Gasteiger partial charge in [0.05, 0.1) is 35.2 Å². The van der Waals surface area contributed by atoms with Gasteiger partial charge in [-0.3, -0.25) is 14.3 Å². The summed E-state index contributed by atoms with van der Waals surface area (Å²) in [6.07, 6.45) is 9.75. The number of likely N-dealkylation sites (tertiary alicyclic amines) is 1. The van der Waals surface area contributed by atoms with Crippen LogP contribution in [0.2, 0.25) is 0 Å². The highest BCUT2D eigenvalue weighted by Crippen LogP contribution is 2.33. The van der Waals surface area contributed by atoms with Crippen molar-refractivity contribution in [2.45, 2.75) is 19.3 Å². The summed E-state index contributed by atoms with van der Waals surface area (Å²) in [6, 6.07) is 2.02. The molecule has 0 spiro atoms. The van der Waals surface area contributed by atoms with Crippen LogP contribution in [0, 0.1) is 5.92 Å². The maximum Gasteiger partial charge on any atom is 0.257 e. The first-order chi connectivity index (χ1) is 12.7. The molecular weight excluding hydrogens is 330 g/mol. The fourth-order valence-electron chi connectivity index (χ4n) is 3.90. The van der Waals surface area contributed by atoms with Gasteiger partial charge in [-0.05, 0) is 18.4 Å².